The van der Waals surface area contributed by atoms with E-state index in [1.165, 1.54) is 11.8 Å². The number of hydrogen-bond donors (Lipinski definition) is 1. The molecule has 1 aliphatic heterocycles. The van der Waals surface area contributed by atoms with Gasteiger partial charge in [-0.3, -0.25) is 4.79 Å². The predicted molar refractivity (Wildman–Crippen MR) is 134 cm³/mol. The molecule has 0 unspecified atom stereocenters. The summed E-state index contributed by atoms with van der Waals surface area (Å²) < 4.78 is 12.1. The number of carbonyl (C=O) groups excluding carboxylic acids is 2. The Balaban J connectivity index is 1.77. The Morgan fingerprint density at radius 1 is 1.03 bits per heavy atom. The van der Waals surface area contributed by atoms with Gasteiger partial charge in [0.05, 0.1) is 23.8 Å². The summed E-state index contributed by atoms with van der Waals surface area (Å²) in [6.07, 6.45) is 3.62. The average Bonchev–Trinajstić information content (AvgIpc) is 3.32. The molecule has 2 aromatic carbocycles. The third-order valence-electron chi connectivity index (χ3n) is 5.07. The number of rotatable bonds is 7. The molecule has 0 spiro atoms. The molecule has 1 aliphatic rings. The highest BCUT2D eigenvalue weighted by atomic mass is 32.2. The quantitative estimate of drug-likeness (QED) is 0.460. The minimum atomic E-state index is -0.629. The molecule has 0 bridgehead atoms. The van der Waals surface area contributed by atoms with Crippen LogP contribution in [0, 0.1) is 0 Å². The van der Waals surface area contributed by atoms with Gasteiger partial charge in [0.2, 0.25) is 0 Å². The number of fused-ring (bicyclic) bond motifs is 1. The second kappa shape index (κ2) is 10.4. The lowest BCUT2D eigenvalue weighted by Gasteiger charge is -2.04. The molecule has 7 nitrogen and oxygen atoms in total. The number of carbonyl (C=O) groups is 2. The van der Waals surface area contributed by atoms with Gasteiger partial charge in [-0.25, -0.2) is 9.79 Å². The zero-order valence-corrected chi connectivity index (χ0v) is 19.7. The van der Waals surface area contributed by atoms with E-state index in [4.69, 9.17) is 9.47 Å². The smallest absolute Gasteiger partial charge is 0.344 e. The van der Waals surface area contributed by atoms with Crippen LogP contribution in [-0.4, -0.2) is 39.9 Å². The first-order valence-electron chi connectivity index (χ1n) is 10.9. The molecule has 0 fully saturated rings. The normalized spacial score (nSPS) is 15.9. The topological polar surface area (TPSA) is 90.1 Å². The minimum Gasteiger partial charge on any atom is -0.506 e. The number of aromatic nitrogens is 1. The maximum atomic E-state index is 12.6. The molecule has 0 aliphatic carbocycles. The molecule has 0 saturated heterocycles. The average molecular weight is 477 g/mol. The van der Waals surface area contributed by atoms with Crippen molar-refractivity contribution in [1.29, 1.82) is 0 Å². The molecule has 1 aromatic heterocycles. The monoisotopic (exact) mass is 476 g/mol. The zero-order valence-electron chi connectivity index (χ0n) is 18.9. The number of aliphatic imine (C=N–C) groups is 1. The molecule has 8 heteroatoms. The van der Waals surface area contributed by atoms with Crippen LogP contribution in [-0.2, 0) is 25.6 Å². The minimum absolute atomic E-state index is 0.0391. The van der Waals surface area contributed by atoms with Crippen molar-refractivity contribution in [2.24, 2.45) is 4.99 Å². The molecule has 3 aromatic rings. The van der Waals surface area contributed by atoms with Gasteiger partial charge in [0, 0.05) is 22.7 Å². The summed E-state index contributed by atoms with van der Waals surface area (Å²) in [5.74, 6) is -1.14. The maximum Gasteiger partial charge on any atom is 0.344 e. The van der Waals surface area contributed by atoms with Crippen molar-refractivity contribution in [2.45, 2.75) is 20.4 Å². The summed E-state index contributed by atoms with van der Waals surface area (Å²) in [7, 11) is 0. The number of aliphatic hydroxyl groups excluding tert-OH is 1. The summed E-state index contributed by atoms with van der Waals surface area (Å²) in [5, 5.41) is 12.2. The maximum absolute atomic E-state index is 12.6. The van der Waals surface area contributed by atoms with Gasteiger partial charge < -0.3 is 19.1 Å². The summed E-state index contributed by atoms with van der Waals surface area (Å²) in [6.45, 7) is 4.04. The fourth-order valence-electron chi connectivity index (χ4n) is 3.62. The molecule has 34 heavy (non-hydrogen) atoms. The zero-order chi connectivity index (χ0) is 24.1. The van der Waals surface area contributed by atoms with E-state index in [9.17, 15) is 14.7 Å². The van der Waals surface area contributed by atoms with Crippen LogP contribution in [0.25, 0.3) is 17.0 Å². The molecule has 4 rings (SSSR count). The molecule has 174 valence electrons. The molecule has 1 N–H and O–H groups in total. The summed E-state index contributed by atoms with van der Waals surface area (Å²) in [5.41, 5.74) is 2.35. The molecule has 0 amide bonds. The summed E-state index contributed by atoms with van der Waals surface area (Å²) in [6, 6.07) is 16.9. The fourth-order valence-corrected chi connectivity index (χ4v) is 4.65. The van der Waals surface area contributed by atoms with E-state index >= 15 is 0 Å². The first-order chi connectivity index (χ1) is 16.5. The molecule has 0 radical (unpaired) electrons. The van der Waals surface area contributed by atoms with E-state index in [-0.39, 0.29) is 30.5 Å². The van der Waals surface area contributed by atoms with Gasteiger partial charge in [-0.2, -0.15) is 0 Å². The number of thioether (sulfide) groups is 1. The Hall–Kier alpha value is -3.78. The highest BCUT2D eigenvalue weighted by molar-refractivity contribution is 8.18. The SMILES string of the molecule is CCOC(=O)Cn1cc(/C=C2\SC(=Nc3ccccc3)C(C(=O)OCC)=C2O)c2ccccc21. The van der Waals surface area contributed by atoms with Crippen molar-refractivity contribution in [3.8, 4) is 0 Å². The van der Waals surface area contributed by atoms with Crippen molar-refractivity contribution in [3.05, 3.63) is 82.6 Å². The first kappa shape index (κ1) is 23.4. The number of aliphatic hydroxyl groups is 1. The Morgan fingerprint density at radius 3 is 2.47 bits per heavy atom. The lowest BCUT2D eigenvalue weighted by molar-refractivity contribution is -0.143. The van der Waals surface area contributed by atoms with E-state index in [0.717, 1.165) is 16.5 Å². The van der Waals surface area contributed by atoms with Crippen molar-refractivity contribution < 1.29 is 24.2 Å². The number of para-hydroxylation sites is 2. The van der Waals surface area contributed by atoms with Gasteiger partial charge in [-0.15, -0.1) is 0 Å². The van der Waals surface area contributed by atoms with Crippen LogP contribution in [0.4, 0.5) is 5.69 Å². The van der Waals surface area contributed by atoms with Crippen LogP contribution < -0.4 is 0 Å². The molecule has 0 atom stereocenters. The van der Waals surface area contributed by atoms with Crippen molar-refractivity contribution in [3.63, 3.8) is 0 Å². The van der Waals surface area contributed by atoms with E-state index in [1.54, 1.807) is 19.9 Å². The first-order valence-corrected chi connectivity index (χ1v) is 11.7. The van der Waals surface area contributed by atoms with E-state index in [0.29, 0.717) is 22.2 Å². The van der Waals surface area contributed by atoms with Gasteiger partial charge in [0.15, 0.2) is 0 Å². The Kier molecular flexibility index (Phi) is 7.18. The van der Waals surface area contributed by atoms with Crippen molar-refractivity contribution in [2.75, 3.05) is 13.2 Å². The molecule has 0 saturated carbocycles. The summed E-state index contributed by atoms with van der Waals surface area (Å²) in [4.78, 5) is 29.8. The standard InChI is InChI=1S/C26H24N2O5S/c1-3-32-22(29)16-28-15-17(19-12-8-9-13-20(19)28)14-21-24(30)23(26(31)33-4-2)25(34-21)27-18-10-6-5-7-11-18/h5-15,30H,3-4,16H2,1-2H3/b21-14-,27-25?. The van der Waals surface area contributed by atoms with Gasteiger partial charge in [-0.1, -0.05) is 48.2 Å². The van der Waals surface area contributed by atoms with E-state index in [2.05, 4.69) is 4.99 Å². The third-order valence-corrected chi connectivity index (χ3v) is 6.09. The number of esters is 2. The van der Waals surface area contributed by atoms with Crippen molar-refractivity contribution >= 4 is 51.4 Å². The van der Waals surface area contributed by atoms with Crippen LogP contribution in [0.5, 0.6) is 0 Å². The number of hydrogen-bond acceptors (Lipinski definition) is 7. The van der Waals surface area contributed by atoms with Gasteiger partial charge in [-0.05, 0) is 38.1 Å². The predicted octanol–water partition coefficient (Wildman–Crippen LogP) is 5.40. The summed E-state index contributed by atoms with van der Waals surface area (Å²) >= 11 is 1.20. The highest BCUT2D eigenvalue weighted by Gasteiger charge is 2.33. The highest BCUT2D eigenvalue weighted by Crippen LogP contribution is 2.41. The molecular weight excluding hydrogens is 452 g/mol. The van der Waals surface area contributed by atoms with Crippen LogP contribution in [0.2, 0.25) is 0 Å². The van der Waals surface area contributed by atoms with Crippen LogP contribution in [0.15, 0.2) is 82.0 Å². The Labute approximate surface area is 201 Å². The van der Waals surface area contributed by atoms with Crippen LogP contribution in [0.1, 0.15) is 19.4 Å². The molecule has 2 heterocycles. The number of nitrogens with zero attached hydrogens (tertiary/aromatic N) is 2. The van der Waals surface area contributed by atoms with Gasteiger partial charge in [0.1, 0.15) is 22.9 Å². The largest absolute Gasteiger partial charge is 0.506 e. The van der Waals surface area contributed by atoms with E-state index < -0.39 is 5.97 Å². The van der Waals surface area contributed by atoms with Gasteiger partial charge >= 0.3 is 11.9 Å². The Morgan fingerprint density at radius 2 is 1.74 bits per heavy atom. The number of ether oxygens (including phenoxy) is 2. The van der Waals surface area contributed by atoms with Crippen LogP contribution >= 0.6 is 11.8 Å². The lowest BCUT2D eigenvalue weighted by Crippen LogP contribution is -2.12. The molecular formula is C26H24N2O5S. The Bertz CT molecular complexity index is 1320. The van der Waals surface area contributed by atoms with Crippen molar-refractivity contribution in [1.82, 2.24) is 4.57 Å². The second-order valence-corrected chi connectivity index (χ2v) is 8.37. The fraction of sp³-hybridized carbons (Fsp3) is 0.192. The third kappa shape index (κ3) is 4.92. The second-order valence-electron chi connectivity index (χ2n) is 7.34. The van der Waals surface area contributed by atoms with Crippen LogP contribution in [0.3, 0.4) is 0 Å². The van der Waals surface area contributed by atoms with Gasteiger partial charge in [0.25, 0.3) is 0 Å². The van der Waals surface area contributed by atoms with E-state index in [1.807, 2.05) is 65.4 Å². The lowest BCUT2D eigenvalue weighted by atomic mass is 10.1. The number of benzene rings is 2.